The summed E-state index contributed by atoms with van der Waals surface area (Å²) in [5, 5.41) is 0. The molecule has 2 aromatic carbocycles. The van der Waals surface area contributed by atoms with Crippen molar-refractivity contribution in [3.8, 4) is 5.75 Å². The van der Waals surface area contributed by atoms with Crippen LogP contribution in [-0.4, -0.2) is 30.8 Å². The molecule has 0 bridgehead atoms. The van der Waals surface area contributed by atoms with Crippen LogP contribution < -0.4 is 9.54 Å². The van der Waals surface area contributed by atoms with Crippen molar-refractivity contribution in [2.24, 2.45) is 4.99 Å². The first-order chi connectivity index (χ1) is 12.6. The molecular weight excluding hydrogens is 348 g/mol. The van der Waals surface area contributed by atoms with Crippen molar-refractivity contribution in [1.29, 1.82) is 0 Å². The van der Waals surface area contributed by atoms with Crippen molar-refractivity contribution in [2.45, 2.75) is 20.4 Å². The van der Waals surface area contributed by atoms with Gasteiger partial charge in [0.05, 0.1) is 23.4 Å². The third-order valence-corrected chi connectivity index (χ3v) is 5.10. The SMILES string of the molecule is CCOc1ccc2c(c1)sc(=NC(=O)c1ccccc1C)n2CCOC. The fraction of sp³-hybridized carbons (Fsp3) is 0.300. The van der Waals surface area contributed by atoms with E-state index in [0.717, 1.165) is 21.5 Å². The van der Waals surface area contributed by atoms with Crippen LogP contribution in [0.25, 0.3) is 10.2 Å². The average Bonchev–Trinajstić information content (AvgIpc) is 2.96. The molecule has 0 aliphatic carbocycles. The van der Waals surface area contributed by atoms with E-state index in [4.69, 9.17) is 9.47 Å². The summed E-state index contributed by atoms with van der Waals surface area (Å²) >= 11 is 1.48. The zero-order valence-corrected chi connectivity index (χ0v) is 16.0. The van der Waals surface area contributed by atoms with E-state index in [2.05, 4.69) is 4.99 Å². The normalized spacial score (nSPS) is 11.9. The van der Waals surface area contributed by atoms with Gasteiger partial charge < -0.3 is 14.0 Å². The van der Waals surface area contributed by atoms with Crippen LogP contribution in [0.3, 0.4) is 0 Å². The molecule has 0 radical (unpaired) electrons. The molecule has 0 fully saturated rings. The molecule has 0 N–H and O–H groups in total. The number of benzene rings is 2. The molecule has 0 unspecified atom stereocenters. The highest BCUT2D eigenvalue weighted by molar-refractivity contribution is 7.16. The summed E-state index contributed by atoms with van der Waals surface area (Å²) in [4.78, 5) is 17.7. The van der Waals surface area contributed by atoms with Crippen LogP contribution in [0, 0.1) is 6.92 Å². The highest BCUT2D eigenvalue weighted by Gasteiger charge is 2.11. The highest BCUT2D eigenvalue weighted by Crippen LogP contribution is 2.23. The van der Waals surface area contributed by atoms with Gasteiger partial charge in [0.15, 0.2) is 4.80 Å². The van der Waals surface area contributed by atoms with E-state index in [-0.39, 0.29) is 5.91 Å². The Morgan fingerprint density at radius 3 is 2.77 bits per heavy atom. The molecule has 3 aromatic rings. The molecule has 0 saturated heterocycles. The summed E-state index contributed by atoms with van der Waals surface area (Å²) in [5.41, 5.74) is 2.56. The van der Waals surface area contributed by atoms with E-state index in [0.29, 0.717) is 30.1 Å². The fourth-order valence-corrected chi connectivity index (χ4v) is 3.84. The molecular formula is C20H22N2O3S. The molecule has 0 saturated carbocycles. The number of hydrogen-bond acceptors (Lipinski definition) is 4. The number of ether oxygens (including phenoxy) is 2. The first kappa shape index (κ1) is 18.4. The average molecular weight is 370 g/mol. The smallest absolute Gasteiger partial charge is 0.279 e. The molecule has 0 atom stereocenters. The Kier molecular flexibility index (Phi) is 5.85. The van der Waals surface area contributed by atoms with E-state index in [1.807, 2.05) is 54.8 Å². The summed E-state index contributed by atoms with van der Waals surface area (Å²) in [7, 11) is 1.66. The topological polar surface area (TPSA) is 52.8 Å². The highest BCUT2D eigenvalue weighted by atomic mass is 32.1. The van der Waals surface area contributed by atoms with Crippen LogP contribution >= 0.6 is 11.3 Å². The van der Waals surface area contributed by atoms with Gasteiger partial charge in [-0.1, -0.05) is 29.5 Å². The molecule has 1 aromatic heterocycles. The van der Waals surface area contributed by atoms with Crippen molar-refractivity contribution in [3.63, 3.8) is 0 Å². The summed E-state index contributed by atoms with van der Waals surface area (Å²) in [6, 6.07) is 13.4. The van der Waals surface area contributed by atoms with E-state index in [1.54, 1.807) is 13.2 Å². The molecule has 6 heteroatoms. The number of nitrogens with zero attached hydrogens (tertiary/aromatic N) is 2. The third kappa shape index (κ3) is 3.86. The first-order valence-electron chi connectivity index (χ1n) is 8.54. The number of aryl methyl sites for hydroxylation is 1. The number of amides is 1. The van der Waals surface area contributed by atoms with Crippen molar-refractivity contribution in [2.75, 3.05) is 20.3 Å². The minimum atomic E-state index is -0.231. The molecule has 5 nitrogen and oxygen atoms in total. The molecule has 1 amide bonds. The van der Waals surface area contributed by atoms with E-state index in [9.17, 15) is 4.79 Å². The van der Waals surface area contributed by atoms with Crippen LogP contribution in [0.2, 0.25) is 0 Å². The number of hydrogen-bond donors (Lipinski definition) is 0. The van der Waals surface area contributed by atoms with E-state index in [1.165, 1.54) is 11.3 Å². The Hall–Kier alpha value is -2.44. The number of aromatic nitrogens is 1. The zero-order chi connectivity index (χ0) is 18.5. The monoisotopic (exact) mass is 370 g/mol. The standard InChI is InChI=1S/C20H22N2O3S/c1-4-25-15-9-10-17-18(13-15)26-20(22(17)11-12-24-3)21-19(23)16-8-6-5-7-14(16)2/h5-10,13H,4,11-12H2,1-3H3. The molecule has 0 aliphatic heterocycles. The van der Waals surface area contributed by atoms with Gasteiger partial charge in [-0.2, -0.15) is 4.99 Å². The lowest BCUT2D eigenvalue weighted by molar-refractivity contribution is 0.0996. The zero-order valence-electron chi connectivity index (χ0n) is 15.2. The largest absolute Gasteiger partial charge is 0.494 e. The predicted molar refractivity (Wildman–Crippen MR) is 104 cm³/mol. The van der Waals surface area contributed by atoms with Crippen molar-refractivity contribution >= 4 is 27.5 Å². The quantitative estimate of drug-likeness (QED) is 0.663. The van der Waals surface area contributed by atoms with Crippen LogP contribution in [-0.2, 0) is 11.3 Å². The number of rotatable bonds is 6. The molecule has 26 heavy (non-hydrogen) atoms. The van der Waals surface area contributed by atoms with Gasteiger partial charge in [-0.25, -0.2) is 0 Å². The molecule has 1 heterocycles. The number of thiazole rings is 1. The summed E-state index contributed by atoms with van der Waals surface area (Å²) in [5.74, 6) is 0.586. The fourth-order valence-electron chi connectivity index (χ4n) is 2.75. The Balaban J connectivity index is 2.10. The molecule has 0 aliphatic rings. The maximum atomic E-state index is 12.7. The Bertz CT molecular complexity index is 988. The third-order valence-electron chi connectivity index (χ3n) is 4.06. The number of fused-ring (bicyclic) bond motifs is 1. The Morgan fingerprint density at radius 2 is 2.04 bits per heavy atom. The second kappa shape index (κ2) is 8.29. The van der Waals surface area contributed by atoms with Crippen LogP contribution in [0.15, 0.2) is 47.5 Å². The van der Waals surface area contributed by atoms with Crippen LogP contribution in [0.4, 0.5) is 0 Å². The molecule has 3 rings (SSSR count). The molecule has 136 valence electrons. The van der Waals surface area contributed by atoms with Crippen LogP contribution in [0.1, 0.15) is 22.8 Å². The van der Waals surface area contributed by atoms with Crippen molar-refractivity contribution in [1.82, 2.24) is 4.57 Å². The van der Waals surface area contributed by atoms with Gasteiger partial charge in [0.2, 0.25) is 0 Å². The Labute approximate surface area is 156 Å². The summed E-state index contributed by atoms with van der Waals surface area (Å²) in [6.07, 6.45) is 0. The minimum Gasteiger partial charge on any atom is -0.494 e. The lowest BCUT2D eigenvalue weighted by Gasteiger charge is -2.06. The van der Waals surface area contributed by atoms with Gasteiger partial charge in [0.1, 0.15) is 5.75 Å². The summed E-state index contributed by atoms with van der Waals surface area (Å²) in [6.45, 7) is 5.67. The van der Waals surface area contributed by atoms with Gasteiger partial charge in [-0.3, -0.25) is 4.79 Å². The lowest BCUT2D eigenvalue weighted by Crippen LogP contribution is -2.19. The molecule has 0 spiro atoms. The van der Waals surface area contributed by atoms with Gasteiger partial charge in [0.25, 0.3) is 5.91 Å². The lowest BCUT2D eigenvalue weighted by atomic mass is 10.1. The van der Waals surface area contributed by atoms with Gasteiger partial charge in [-0.15, -0.1) is 0 Å². The van der Waals surface area contributed by atoms with Crippen molar-refractivity contribution < 1.29 is 14.3 Å². The summed E-state index contributed by atoms with van der Waals surface area (Å²) < 4.78 is 13.9. The predicted octanol–water partition coefficient (Wildman–Crippen LogP) is 3.80. The van der Waals surface area contributed by atoms with Crippen LogP contribution in [0.5, 0.6) is 5.75 Å². The number of carbonyl (C=O) groups excluding carboxylic acids is 1. The maximum Gasteiger partial charge on any atom is 0.279 e. The number of carbonyl (C=O) groups is 1. The van der Waals surface area contributed by atoms with Gasteiger partial charge >= 0.3 is 0 Å². The second-order valence-corrected chi connectivity index (χ2v) is 6.83. The van der Waals surface area contributed by atoms with E-state index < -0.39 is 0 Å². The van der Waals surface area contributed by atoms with Crippen molar-refractivity contribution in [3.05, 3.63) is 58.4 Å². The number of methoxy groups -OCH3 is 1. The van der Waals surface area contributed by atoms with Gasteiger partial charge in [-0.05, 0) is 43.7 Å². The first-order valence-corrected chi connectivity index (χ1v) is 9.35. The van der Waals surface area contributed by atoms with Gasteiger partial charge in [0, 0.05) is 19.2 Å². The second-order valence-electron chi connectivity index (χ2n) is 5.82. The Morgan fingerprint density at radius 1 is 1.23 bits per heavy atom. The maximum absolute atomic E-state index is 12.7. The van der Waals surface area contributed by atoms with E-state index >= 15 is 0 Å². The minimum absolute atomic E-state index is 0.231.